The molecule has 1 unspecified atom stereocenters. The minimum Gasteiger partial charge on any atom is -0.337 e. The fourth-order valence-electron chi connectivity index (χ4n) is 4.10. The van der Waals surface area contributed by atoms with Crippen molar-refractivity contribution in [1.29, 1.82) is 0 Å². The summed E-state index contributed by atoms with van der Waals surface area (Å²) in [6.07, 6.45) is 6.46. The van der Waals surface area contributed by atoms with E-state index in [1.807, 2.05) is 9.80 Å². The fourth-order valence-corrected chi connectivity index (χ4v) is 4.10. The summed E-state index contributed by atoms with van der Waals surface area (Å²) < 4.78 is 0. The van der Waals surface area contributed by atoms with Gasteiger partial charge in [-0.05, 0) is 32.6 Å². The van der Waals surface area contributed by atoms with Gasteiger partial charge < -0.3 is 20.4 Å². The third-order valence-corrected chi connectivity index (χ3v) is 5.52. The van der Waals surface area contributed by atoms with Crippen LogP contribution in [-0.4, -0.2) is 66.5 Å². The summed E-state index contributed by atoms with van der Waals surface area (Å²) in [5, 5.41) is 6.47. The molecule has 2 heterocycles. The quantitative estimate of drug-likeness (QED) is 0.802. The molecular weight excluding hydrogens is 292 g/mol. The number of likely N-dealkylation sites (tertiary alicyclic amines) is 1. The van der Waals surface area contributed by atoms with Crippen molar-refractivity contribution in [2.75, 3.05) is 32.7 Å². The van der Waals surface area contributed by atoms with E-state index < -0.39 is 0 Å². The first-order valence-corrected chi connectivity index (χ1v) is 9.22. The number of rotatable bonds is 2. The second-order valence-corrected chi connectivity index (χ2v) is 7.30. The lowest BCUT2D eigenvalue weighted by molar-refractivity contribution is -0.139. The lowest BCUT2D eigenvalue weighted by atomic mass is 9.95. The average Bonchev–Trinajstić information content (AvgIpc) is 3.08. The molecule has 3 aliphatic rings. The first-order valence-electron chi connectivity index (χ1n) is 9.22. The number of nitrogens with zero attached hydrogens (tertiary/aromatic N) is 2. The van der Waals surface area contributed by atoms with Crippen molar-refractivity contribution in [3.05, 3.63) is 0 Å². The van der Waals surface area contributed by atoms with E-state index in [4.69, 9.17) is 0 Å². The van der Waals surface area contributed by atoms with E-state index in [2.05, 4.69) is 17.6 Å². The Kier molecular flexibility index (Phi) is 5.41. The van der Waals surface area contributed by atoms with Crippen LogP contribution in [0.25, 0.3) is 0 Å². The lowest BCUT2D eigenvalue weighted by Crippen LogP contribution is -2.56. The first-order chi connectivity index (χ1) is 11.1. The Bertz CT molecular complexity index is 436. The highest BCUT2D eigenvalue weighted by molar-refractivity contribution is 5.81. The second kappa shape index (κ2) is 7.51. The van der Waals surface area contributed by atoms with Crippen LogP contribution in [0.4, 0.5) is 4.79 Å². The van der Waals surface area contributed by atoms with Crippen molar-refractivity contribution in [2.24, 2.45) is 5.92 Å². The highest BCUT2D eigenvalue weighted by Crippen LogP contribution is 2.22. The zero-order chi connectivity index (χ0) is 16.2. The molecule has 0 aromatic rings. The number of piperazine rings is 1. The molecule has 1 aliphatic carbocycles. The SMILES string of the molecule is C[C@H]1CNCCN1C(=O)C1CCCN(C(=O)NC2CCCC2)C1. The molecule has 1 saturated carbocycles. The van der Waals surface area contributed by atoms with Gasteiger partial charge in [0.1, 0.15) is 0 Å². The predicted molar refractivity (Wildman–Crippen MR) is 89.1 cm³/mol. The fraction of sp³-hybridized carbons (Fsp3) is 0.882. The van der Waals surface area contributed by atoms with E-state index in [1.54, 1.807) is 0 Å². The topological polar surface area (TPSA) is 64.7 Å². The van der Waals surface area contributed by atoms with Crippen molar-refractivity contribution in [1.82, 2.24) is 20.4 Å². The number of amides is 3. The molecule has 2 atom stereocenters. The molecule has 6 heteroatoms. The zero-order valence-corrected chi connectivity index (χ0v) is 14.2. The Morgan fingerprint density at radius 1 is 1.09 bits per heavy atom. The molecule has 6 nitrogen and oxygen atoms in total. The molecule has 2 N–H and O–H groups in total. The molecule has 3 rings (SSSR count). The van der Waals surface area contributed by atoms with Gasteiger partial charge in [0.05, 0.1) is 5.92 Å². The lowest BCUT2D eigenvalue weighted by Gasteiger charge is -2.39. The van der Waals surface area contributed by atoms with Gasteiger partial charge >= 0.3 is 6.03 Å². The Hall–Kier alpha value is -1.30. The maximum Gasteiger partial charge on any atom is 0.317 e. The van der Waals surface area contributed by atoms with Crippen LogP contribution >= 0.6 is 0 Å². The minimum absolute atomic E-state index is 0.0290. The number of nitrogens with one attached hydrogen (secondary N) is 2. The molecule has 2 saturated heterocycles. The van der Waals surface area contributed by atoms with Gasteiger partial charge in [0, 0.05) is 44.8 Å². The van der Waals surface area contributed by atoms with Gasteiger partial charge in [-0.15, -0.1) is 0 Å². The van der Waals surface area contributed by atoms with Gasteiger partial charge in [-0.2, -0.15) is 0 Å². The molecular formula is C17H30N4O2. The largest absolute Gasteiger partial charge is 0.337 e. The van der Waals surface area contributed by atoms with E-state index >= 15 is 0 Å². The number of carbonyl (C=O) groups excluding carboxylic acids is 2. The summed E-state index contributed by atoms with van der Waals surface area (Å²) in [6.45, 7) is 5.97. The monoisotopic (exact) mass is 322 g/mol. The van der Waals surface area contributed by atoms with Crippen molar-refractivity contribution < 1.29 is 9.59 Å². The smallest absolute Gasteiger partial charge is 0.317 e. The van der Waals surface area contributed by atoms with E-state index in [-0.39, 0.29) is 23.9 Å². The van der Waals surface area contributed by atoms with Gasteiger partial charge in [-0.25, -0.2) is 4.79 Å². The average molecular weight is 322 g/mol. The van der Waals surface area contributed by atoms with Crippen LogP contribution in [0.3, 0.4) is 0 Å². The second-order valence-electron chi connectivity index (χ2n) is 7.30. The standard InChI is InChI=1S/C17H30N4O2/c1-13-11-18-8-10-21(13)16(22)14-5-4-9-20(12-14)17(23)19-15-6-2-3-7-15/h13-15,18H,2-12H2,1H3,(H,19,23)/t13-,14?/m0/s1. The Labute approximate surface area is 139 Å². The van der Waals surface area contributed by atoms with Gasteiger partial charge in [0.25, 0.3) is 0 Å². The van der Waals surface area contributed by atoms with Gasteiger partial charge in [-0.1, -0.05) is 12.8 Å². The highest BCUT2D eigenvalue weighted by atomic mass is 16.2. The van der Waals surface area contributed by atoms with Crippen LogP contribution in [0.5, 0.6) is 0 Å². The Morgan fingerprint density at radius 3 is 2.61 bits per heavy atom. The van der Waals surface area contributed by atoms with E-state index in [0.29, 0.717) is 12.6 Å². The third kappa shape index (κ3) is 3.97. The molecule has 3 amide bonds. The highest BCUT2D eigenvalue weighted by Gasteiger charge is 2.34. The molecule has 0 spiro atoms. The molecule has 0 radical (unpaired) electrons. The van der Waals surface area contributed by atoms with Crippen molar-refractivity contribution in [3.63, 3.8) is 0 Å². The van der Waals surface area contributed by atoms with Crippen molar-refractivity contribution in [3.8, 4) is 0 Å². The summed E-state index contributed by atoms with van der Waals surface area (Å²) >= 11 is 0. The summed E-state index contributed by atoms with van der Waals surface area (Å²) in [5.74, 6) is 0.205. The molecule has 0 aromatic heterocycles. The minimum atomic E-state index is -0.0290. The normalized spacial score (nSPS) is 29.6. The predicted octanol–water partition coefficient (Wildman–Crippen LogP) is 1.17. The molecule has 0 aromatic carbocycles. The van der Waals surface area contributed by atoms with Gasteiger partial charge in [0.15, 0.2) is 0 Å². The zero-order valence-electron chi connectivity index (χ0n) is 14.2. The van der Waals surface area contributed by atoms with E-state index in [9.17, 15) is 9.59 Å². The van der Waals surface area contributed by atoms with E-state index in [0.717, 1.165) is 51.9 Å². The number of hydrogen-bond acceptors (Lipinski definition) is 3. The molecule has 3 fully saturated rings. The van der Waals surface area contributed by atoms with Crippen LogP contribution in [-0.2, 0) is 4.79 Å². The summed E-state index contributed by atoms with van der Waals surface area (Å²) in [5.41, 5.74) is 0. The van der Waals surface area contributed by atoms with Crippen LogP contribution in [0.2, 0.25) is 0 Å². The van der Waals surface area contributed by atoms with Gasteiger partial charge in [0.2, 0.25) is 5.91 Å². The van der Waals surface area contributed by atoms with E-state index in [1.165, 1.54) is 12.8 Å². The summed E-state index contributed by atoms with van der Waals surface area (Å²) in [6, 6.07) is 0.619. The summed E-state index contributed by atoms with van der Waals surface area (Å²) in [7, 11) is 0. The maximum atomic E-state index is 12.8. The maximum absolute atomic E-state index is 12.8. The first kappa shape index (κ1) is 16.6. The van der Waals surface area contributed by atoms with Crippen LogP contribution in [0, 0.1) is 5.92 Å². The molecule has 130 valence electrons. The van der Waals surface area contributed by atoms with Crippen LogP contribution in [0.1, 0.15) is 45.4 Å². The number of hydrogen-bond donors (Lipinski definition) is 2. The molecule has 0 bridgehead atoms. The summed E-state index contributed by atoms with van der Waals surface area (Å²) in [4.78, 5) is 29.1. The molecule has 2 aliphatic heterocycles. The van der Waals surface area contributed by atoms with Crippen molar-refractivity contribution in [2.45, 2.75) is 57.5 Å². The third-order valence-electron chi connectivity index (χ3n) is 5.52. The number of urea groups is 1. The van der Waals surface area contributed by atoms with Crippen LogP contribution < -0.4 is 10.6 Å². The van der Waals surface area contributed by atoms with Crippen molar-refractivity contribution >= 4 is 11.9 Å². The van der Waals surface area contributed by atoms with Gasteiger partial charge in [-0.3, -0.25) is 4.79 Å². The Balaban J connectivity index is 1.54. The number of piperidine rings is 1. The molecule has 23 heavy (non-hydrogen) atoms. The number of carbonyl (C=O) groups is 2. The Morgan fingerprint density at radius 2 is 1.87 bits per heavy atom. The van der Waals surface area contributed by atoms with Crippen LogP contribution in [0.15, 0.2) is 0 Å².